The van der Waals surface area contributed by atoms with Gasteiger partial charge in [0.05, 0.1) is 12.2 Å². The Morgan fingerprint density at radius 2 is 2.19 bits per heavy atom. The van der Waals surface area contributed by atoms with Gasteiger partial charge >= 0.3 is 0 Å². The summed E-state index contributed by atoms with van der Waals surface area (Å²) in [6.45, 7) is 3.01. The molecule has 0 aromatic carbocycles. The Balaban J connectivity index is 2.68. The van der Waals surface area contributed by atoms with Gasteiger partial charge in [0, 0.05) is 25.8 Å². The summed E-state index contributed by atoms with van der Waals surface area (Å²) in [6, 6.07) is 3.55. The molecule has 0 radical (unpaired) electrons. The fraction of sp³-hybridized carbons (Fsp3) is 0.455. The minimum atomic E-state index is -0.0331. The smallest absolute Gasteiger partial charge is 0.224 e. The molecule has 1 heterocycles. The Morgan fingerprint density at radius 3 is 2.81 bits per heavy atom. The van der Waals surface area contributed by atoms with Crippen LogP contribution in [0.5, 0.6) is 5.88 Å². The maximum Gasteiger partial charge on any atom is 0.224 e. The van der Waals surface area contributed by atoms with Gasteiger partial charge in [-0.15, -0.1) is 0 Å². The van der Waals surface area contributed by atoms with Crippen molar-refractivity contribution < 1.29 is 9.47 Å². The van der Waals surface area contributed by atoms with E-state index in [2.05, 4.69) is 4.98 Å². The van der Waals surface area contributed by atoms with Crippen molar-refractivity contribution in [3.05, 3.63) is 23.4 Å². The summed E-state index contributed by atoms with van der Waals surface area (Å²) in [6.07, 6.45) is 0.781. The Labute approximate surface area is 95.1 Å². The average Bonchev–Trinajstić information content (AvgIpc) is 2.24. The molecule has 0 aliphatic carbocycles. The van der Waals surface area contributed by atoms with Crippen LogP contribution in [0.3, 0.4) is 0 Å². The van der Waals surface area contributed by atoms with Crippen LogP contribution < -0.4 is 10.5 Å². The summed E-state index contributed by atoms with van der Waals surface area (Å²) >= 11 is 0. The molecule has 0 fully saturated rings. The normalized spacial score (nSPS) is 10.1. The van der Waals surface area contributed by atoms with Gasteiger partial charge < -0.3 is 15.2 Å². The fourth-order valence-corrected chi connectivity index (χ4v) is 1.22. The Bertz CT molecular complexity index is 366. The largest absolute Gasteiger partial charge is 0.477 e. The van der Waals surface area contributed by atoms with Crippen LogP contribution in [-0.2, 0) is 4.74 Å². The second-order valence-corrected chi connectivity index (χ2v) is 3.41. The van der Waals surface area contributed by atoms with Gasteiger partial charge in [-0.1, -0.05) is 0 Å². The second kappa shape index (κ2) is 6.07. The first-order valence-electron chi connectivity index (χ1n) is 5.09. The van der Waals surface area contributed by atoms with Gasteiger partial charge in [0.15, 0.2) is 0 Å². The number of aryl methyl sites for hydroxylation is 1. The Kier molecular flexibility index (Phi) is 4.72. The maximum absolute atomic E-state index is 7.40. The van der Waals surface area contributed by atoms with Crippen LogP contribution >= 0.6 is 0 Å². The van der Waals surface area contributed by atoms with E-state index in [0.717, 1.165) is 12.1 Å². The van der Waals surface area contributed by atoms with Crippen LogP contribution in [0.4, 0.5) is 0 Å². The molecule has 0 amide bonds. The summed E-state index contributed by atoms with van der Waals surface area (Å²) in [4.78, 5) is 4.21. The van der Waals surface area contributed by atoms with Gasteiger partial charge in [-0.25, -0.2) is 4.98 Å². The van der Waals surface area contributed by atoms with E-state index < -0.39 is 0 Å². The van der Waals surface area contributed by atoms with Crippen LogP contribution in [0.2, 0.25) is 0 Å². The highest BCUT2D eigenvalue weighted by Gasteiger charge is 2.08. The molecule has 3 N–H and O–H groups in total. The zero-order valence-corrected chi connectivity index (χ0v) is 9.62. The fourth-order valence-electron chi connectivity index (χ4n) is 1.22. The number of nitrogens with one attached hydrogen (secondary N) is 1. The van der Waals surface area contributed by atoms with E-state index in [4.69, 9.17) is 20.6 Å². The molecule has 0 saturated carbocycles. The number of hydrogen-bond donors (Lipinski definition) is 2. The molecule has 0 unspecified atom stereocenters. The van der Waals surface area contributed by atoms with Crippen molar-refractivity contribution in [3.63, 3.8) is 0 Å². The molecular weight excluding hydrogens is 206 g/mol. The number of rotatable bonds is 6. The molecule has 1 rings (SSSR count). The Morgan fingerprint density at radius 1 is 1.44 bits per heavy atom. The summed E-state index contributed by atoms with van der Waals surface area (Å²) in [7, 11) is 1.64. The van der Waals surface area contributed by atoms with Crippen molar-refractivity contribution in [2.75, 3.05) is 20.3 Å². The highest BCUT2D eigenvalue weighted by atomic mass is 16.5. The van der Waals surface area contributed by atoms with Gasteiger partial charge in [-0.3, -0.25) is 5.41 Å². The van der Waals surface area contributed by atoms with Crippen molar-refractivity contribution in [2.45, 2.75) is 13.3 Å². The highest BCUT2D eigenvalue weighted by Crippen LogP contribution is 2.15. The number of nitrogen functional groups attached to an aromatic ring is 1. The highest BCUT2D eigenvalue weighted by molar-refractivity contribution is 5.97. The van der Waals surface area contributed by atoms with E-state index in [1.165, 1.54) is 0 Å². The first-order chi connectivity index (χ1) is 7.65. The number of pyridine rings is 1. The first kappa shape index (κ1) is 12.4. The minimum absolute atomic E-state index is 0.0331. The average molecular weight is 223 g/mol. The van der Waals surface area contributed by atoms with E-state index in [0.29, 0.717) is 24.7 Å². The third-order valence-corrected chi connectivity index (χ3v) is 2.02. The number of methoxy groups -OCH3 is 1. The van der Waals surface area contributed by atoms with Crippen molar-refractivity contribution in [3.8, 4) is 5.88 Å². The molecule has 1 aromatic heterocycles. The molecule has 1 aromatic rings. The summed E-state index contributed by atoms with van der Waals surface area (Å²) in [5.74, 6) is 0.387. The Hall–Kier alpha value is -1.62. The zero-order chi connectivity index (χ0) is 12.0. The van der Waals surface area contributed by atoms with E-state index in [1.54, 1.807) is 19.2 Å². The molecule has 88 valence electrons. The number of nitrogens with zero attached hydrogens (tertiary/aromatic N) is 1. The molecule has 0 bridgehead atoms. The summed E-state index contributed by atoms with van der Waals surface area (Å²) < 4.78 is 10.4. The summed E-state index contributed by atoms with van der Waals surface area (Å²) in [5.41, 5.74) is 6.80. The topological polar surface area (TPSA) is 81.2 Å². The molecule has 0 aliphatic rings. The standard InChI is InChI=1S/C11H17N3O2/c1-8-4-5-9(10(12)13)11(14-8)16-7-3-6-15-2/h4-5H,3,6-7H2,1-2H3,(H3,12,13). The van der Waals surface area contributed by atoms with Crippen LogP contribution in [0.15, 0.2) is 12.1 Å². The van der Waals surface area contributed by atoms with Crippen LogP contribution in [0.1, 0.15) is 17.7 Å². The zero-order valence-electron chi connectivity index (χ0n) is 9.62. The molecule has 0 saturated heterocycles. The predicted molar refractivity (Wildman–Crippen MR) is 62.0 cm³/mol. The SMILES string of the molecule is COCCCOc1nc(C)ccc1C(=N)N. The molecule has 0 aliphatic heterocycles. The maximum atomic E-state index is 7.40. The van der Waals surface area contributed by atoms with Crippen molar-refractivity contribution in [1.29, 1.82) is 5.41 Å². The van der Waals surface area contributed by atoms with E-state index in [-0.39, 0.29) is 5.84 Å². The minimum Gasteiger partial charge on any atom is -0.477 e. The lowest BCUT2D eigenvalue weighted by Gasteiger charge is -2.09. The molecule has 5 nitrogen and oxygen atoms in total. The molecular formula is C11H17N3O2. The van der Waals surface area contributed by atoms with E-state index in [1.807, 2.05) is 6.92 Å². The van der Waals surface area contributed by atoms with Gasteiger partial charge in [-0.2, -0.15) is 0 Å². The van der Waals surface area contributed by atoms with Crippen molar-refractivity contribution >= 4 is 5.84 Å². The summed E-state index contributed by atoms with van der Waals surface area (Å²) in [5, 5.41) is 7.40. The van der Waals surface area contributed by atoms with Crippen molar-refractivity contribution in [2.24, 2.45) is 5.73 Å². The lowest BCUT2D eigenvalue weighted by atomic mass is 10.2. The quantitative estimate of drug-likeness (QED) is 0.429. The van der Waals surface area contributed by atoms with E-state index in [9.17, 15) is 0 Å². The number of aromatic nitrogens is 1. The van der Waals surface area contributed by atoms with Crippen LogP contribution in [0, 0.1) is 12.3 Å². The van der Waals surface area contributed by atoms with Gasteiger partial charge in [-0.05, 0) is 19.1 Å². The van der Waals surface area contributed by atoms with Crippen molar-refractivity contribution in [1.82, 2.24) is 4.98 Å². The molecule has 0 spiro atoms. The van der Waals surface area contributed by atoms with E-state index >= 15 is 0 Å². The molecule has 5 heteroatoms. The van der Waals surface area contributed by atoms with Gasteiger partial charge in [0.25, 0.3) is 0 Å². The molecule has 16 heavy (non-hydrogen) atoms. The van der Waals surface area contributed by atoms with Gasteiger partial charge in [0.1, 0.15) is 5.84 Å². The number of nitrogens with two attached hydrogens (primary N) is 1. The lowest BCUT2D eigenvalue weighted by molar-refractivity contribution is 0.170. The van der Waals surface area contributed by atoms with Crippen LogP contribution in [0.25, 0.3) is 0 Å². The number of hydrogen-bond acceptors (Lipinski definition) is 4. The second-order valence-electron chi connectivity index (χ2n) is 3.41. The molecule has 0 atom stereocenters. The lowest BCUT2D eigenvalue weighted by Crippen LogP contribution is -2.15. The van der Waals surface area contributed by atoms with Gasteiger partial charge in [0.2, 0.25) is 5.88 Å². The third-order valence-electron chi connectivity index (χ3n) is 2.02. The number of amidine groups is 1. The number of ether oxygens (including phenoxy) is 2. The first-order valence-corrected chi connectivity index (χ1v) is 5.09. The predicted octanol–water partition coefficient (Wildman–Crippen LogP) is 1.09. The van der Waals surface area contributed by atoms with Crippen LogP contribution in [-0.4, -0.2) is 31.1 Å². The monoisotopic (exact) mass is 223 g/mol. The third kappa shape index (κ3) is 3.51.